The lowest BCUT2D eigenvalue weighted by Crippen LogP contribution is -2.54. The molecule has 2 unspecified atom stereocenters. The highest BCUT2D eigenvalue weighted by atomic mass is 15.2. The van der Waals surface area contributed by atoms with Crippen LogP contribution in [0.4, 0.5) is 0 Å². The van der Waals surface area contributed by atoms with E-state index in [0.29, 0.717) is 6.04 Å². The van der Waals surface area contributed by atoms with Gasteiger partial charge in [-0.15, -0.1) is 0 Å². The molecule has 1 heterocycles. The Morgan fingerprint density at radius 1 is 0.815 bits per heavy atom. The van der Waals surface area contributed by atoms with Crippen LogP contribution in [0.5, 0.6) is 0 Å². The van der Waals surface area contributed by atoms with Crippen LogP contribution in [-0.4, -0.2) is 24.0 Å². The number of hydrogen-bond acceptors (Lipinski definition) is 1. The van der Waals surface area contributed by atoms with Crippen LogP contribution in [0.25, 0.3) is 0 Å². The molecule has 1 heteroatoms. The Morgan fingerprint density at radius 3 is 2.33 bits per heavy atom. The fourth-order valence-corrected chi connectivity index (χ4v) is 5.40. The van der Waals surface area contributed by atoms with Crippen LogP contribution in [0.1, 0.15) is 35.1 Å². The van der Waals surface area contributed by atoms with E-state index < -0.39 is 0 Å². The predicted molar refractivity (Wildman–Crippen MR) is 112 cm³/mol. The first kappa shape index (κ1) is 16.8. The van der Waals surface area contributed by atoms with Crippen molar-refractivity contribution in [2.24, 2.45) is 0 Å². The van der Waals surface area contributed by atoms with Gasteiger partial charge in [-0.3, -0.25) is 4.90 Å². The van der Waals surface area contributed by atoms with Crippen molar-refractivity contribution < 1.29 is 0 Å². The van der Waals surface area contributed by atoms with E-state index in [9.17, 15) is 0 Å². The molecule has 1 aliphatic carbocycles. The minimum atomic E-state index is 0.198. The van der Waals surface area contributed by atoms with Crippen molar-refractivity contribution in [1.82, 2.24) is 4.90 Å². The molecule has 2 bridgehead atoms. The molecule has 5 rings (SSSR count). The summed E-state index contributed by atoms with van der Waals surface area (Å²) >= 11 is 0. The topological polar surface area (TPSA) is 3.24 Å². The van der Waals surface area contributed by atoms with Gasteiger partial charge in [-0.05, 0) is 54.5 Å². The number of hydrogen-bond donors (Lipinski definition) is 0. The molecule has 0 radical (unpaired) electrons. The molecule has 0 spiro atoms. The Labute approximate surface area is 162 Å². The van der Waals surface area contributed by atoms with Gasteiger partial charge in [0.05, 0.1) is 0 Å². The zero-order valence-corrected chi connectivity index (χ0v) is 15.9. The second kappa shape index (κ2) is 6.98. The molecule has 1 saturated heterocycles. The average molecular weight is 354 g/mol. The van der Waals surface area contributed by atoms with E-state index in [2.05, 4.69) is 89.8 Å². The van der Waals surface area contributed by atoms with Crippen LogP contribution in [0.2, 0.25) is 0 Å². The number of rotatable bonds is 4. The molecule has 2 aliphatic rings. The standard InChI is InChI=1S/C26H27N/c1-3-9-21(10-4-1)15-17-27-18-16-26(23-12-5-2-6-13-23)20-24(27)19-22-11-7-8-14-25(22)26/h1-14,24H,15-20H2. The molecule has 3 aromatic rings. The number of piperidine rings is 1. The Bertz CT molecular complexity index is 902. The summed E-state index contributed by atoms with van der Waals surface area (Å²) in [4.78, 5) is 2.75. The maximum atomic E-state index is 2.75. The molecule has 2 atom stereocenters. The Kier molecular flexibility index (Phi) is 4.33. The van der Waals surface area contributed by atoms with Crippen LogP contribution in [-0.2, 0) is 18.3 Å². The lowest BCUT2D eigenvalue weighted by Gasteiger charge is -2.52. The largest absolute Gasteiger partial charge is 0.300 e. The van der Waals surface area contributed by atoms with Crippen molar-refractivity contribution >= 4 is 0 Å². The SMILES string of the molecule is c1ccc(CCN2CCC3(c4ccccc4)CC2Cc2ccccc23)cc1. The van der Waals surface area contributed by atoms with Crippen LogP contribution >= 0.6 is 0 Å². The van der Waals surface area contributed by atoms with Gasteiger partial charge in [0.1, 0.15) is 0 Å². The number of fused-ring (bicyclic) bond motifs is 4. The summed E-state index contributed by atoms with van der Waals surface area (Å²) in [5, 5.41) is 0. The summed E-state index contributed by atoms with van der Waals surface area (Å²) < 4.78 is 0. The molecule has 1 fully saturated rings. The molecular formula is C26H27N. The first-order chi connectivity index (χ1) is 13.4. The zero-order chi connectivity index (χ0) is 18.1. The third kappa shape index (κ3) is 3.00. The van der Waals surface area contributed by atoms with Crippen molar-refractivity contribution in [2.75, 3.05) is 13.1 Å². The van der Waals surface area contributed by atoms with Gasteiger partial charge in [-0.1, -0.05) is 84.9 Å². The highest BCUT2D eigenvalue weighted by Gasteiger charge is 2.46. The van der Waals surface area contributed by atoms with Gasteiger partial charge in [0, 0.05) is 18.0 Å². The van der Waals surface area contributed by atoms with Gasteiger partial charge in [0.15, 0.2) is 0 Å². The van der Waals surface area contributed by atoms with Gasteiger partial charge < -0.3 is 0 Å². The van der Waals surface area contributed by atoms with E-state index in [0.717, 1.165) is 6.42 Å². The van der Waals surface area contributed by atoms with Crippen LogP contribution < -0.4 is 0 Å². The predicted octanol–water partition coefficient (Wildman–Crippen LogP) is 5.24. The highest BCUT2D eigenvalue weighted by molar-refractivity contribution is 5.47. The van der Waals surface area contributed by atoms with Gasteiger partial charge in [-0.2, -0.15) is 0 Å². The minimum Gasteiger partial charge on any atom is -0.300 e. The van der Waals surface area contributed by atoms with Crippen LogP contribution in [0, 0.1) is 0 Å². The van der Waals surface area contributed by atoms with Crippen molar-refractivity contribution in [3.8, 4) is 0 Å². The molecule has 0 aromatic heterocycles. The molecule has 1 aliphatic heterocycles. The fraction of sp³-hybridized carbons (Fsp3) is 0.308. The van der Waals surface area contributed by atoms with Crippen LogP contribution in [0.15, 0.2) is 84.9 Å². The summed E-state index contributed by atoms with van der Waals surface area (Å²) in [6.45, 7) is 2.36. The summed E-state index contributed by atoms with van der Waals surface area (Å²) in [5.74, 6) is 0. The molecule has 0 N–H and O–H groups in total. The first-order valence-corrected chi connectivity index (χ1v) is 10.3. The third-order valence-corrected chi connectivity index (χ3v) is 6.77. The van der Waals surface area contributed by atoms with E-state index in [1.165, 1.54) is 43.5 Å². The summed E-state index contributed by atoms with van der Waals surface area (Å²) in [7, 11) is 0. The van der Waals surface area contributed by atoms with Crippen molar-refractivity contribution in [3.63, 3.8) is 0 Å². The number of nitrogens with zero attached hydrogens (tertiary/aromatic N) is 1. The Hall–Kier alpha value is -2.38. The molecular weight excluding hydrogens is 326 g/mol. The first-order valence-electron chi connectivity index (χ1n) is 10.3. The normalized spacial score (nSPS) is 24.4. The van der Waals surface area contributed by atoms with E-state index in [4.69, 9.17) is 0 Å². The van der Waals surface area contributed by atoms with E-state index in [1.807, 2.05) is 0 Å². The molecule has 27 heavy (non-hydrogen) atoms. The van der Waals surface area contributed by atoms with Crippen molar-refractivity contribution in [1.29, 1.82) is 0 Å². The Morgan fingerprint density at radius 2 is 1.52 bits per heavy atom. The summed E-state index contributed by atoms with van der Waals surface area (Å²) in [5.41, 5.74) is 6.29. The van der Waals surface area contributed by atoms with Gasteiger partial charge >= 0.3 is 0 Å². The number of likely N-dealkylation sites (tertiary alicyclic amines) is 1. The minimum absolute atomic E-state index is 0.198. The van der Waals surface area contributed by atoms with Gasteiger partial charge in [-0.25, -0.2) is 0 Å². The van der Waals surface area contributed by atoms with Crippen molar-refractivity contribution in [2.45, 2.75) is 37.1 Å². The zero-order valence-electron chi connectivity index (χ0n) is 15.9. The lowest BCUT2D eigenvalue weighted by molar-refractivity contribution is 0.0971. The lowest BCUT2D eigenvalue weighted by atomic mass is 9.60. The molecule has 3 aromatic carbocycles. The molecule has 136 valence electrons. The van der Waals surface area contributed by atoms with Crippen molar-refractivity contribution in [3.05, 3.63) is 107 Å². The maximum absolute atomic E-state index is 2.75. The van der Waals surface area contributed by atoms with E-state index >= 15 is 0 Å². The average Bonchev–Trinajstić information content (AvgIpc) is 2.75. The third-order valence-electron chi connectivity index (χ3n) is 6.77. The quantitative estimate of drug-likeness (QED) is 0.620. The second-order valence-corrected chi connectivity index (χ2v) is 8.19. The van der Waals surface area contributed by atoms with Gasteiger partial charge in [0.2, 0.25) is 0 Å². The van der Waals surface area contributed by atoms with Crippen LogP contribution in [0.3, 0.4) is 0 Å². The summed E-state index contributed by atoms with van der Waals surface area (Å²) in [6.07, 6.45) is 4.82. The van der Waals surface area contributed by atoms with E-state index in [1.54, 1.807) is 11.1 Å². The maximum Gasteiger partial charge on any atom is 0.0232 e. The monoisotopic (exact) mass is 353 g/mol. The fourth-order valence-electron chi connectivity index (χ4n) is 5.40. The summed E-state index contributed by atoms with van der Waals surface area (Å²) in [6, 6.07) is 32.0. The molecule has 0 saturated carbocycles. The van der Waals surface area contributed by atoms with Gasteiger partial charge in [0.25, 0.3) is 0 Å². The van der Waals surface area contributed by atoms with E-state index in [-0.39, 0.29) is 5.41 Å². The molecule has 0 amide bonds. The highest BCUT2D eigenvalue weighted by Crippen LogP contribution is 2.49. The Balaban J connectivity index is 1.45. The second-order valence-electron chi connectivity index (χ2n) is 8.19. The smallest absolute Gasteiger partial charge is 0.0232 e. The molecule has 1 nitrogen and oxygen atoms in total. The number of benzene rings is 3.